The number of thiophene rings is 4. The highest BCUT2D eigenvalue weighted by Crippen LogP contribution is 2.36. The van der Waals surface area contributed by atoms with Crippen LogP contribution < -0.4 is 55.4 Å². The number of aryl methyl sites for hydroxylation is 4. The lowest BCUT2D eigenvalue weighted by Gasteiger charge is -2.14. The summed E-state index contributed by atoms with van der Waals surface area (Å²) in [7, 11) is 7.94. The highest BCUT2D eigenvalue weighted by atomic mass is 32.1. The summed E-state index contributed by atoms with van der Waals surface area (Å²) in [6, 6.07) is 90.9. The summed E-state index contributed by atoms with van der Waals surface area (Å²) in [6.45, 7) is 8.13. The van der Waals surface area contributed by atoms with Crippen molar-refractivity contribution in [2.24, 2.45) is 0 Å². The molecule has 0 unspecified atom stereocenters. The van der Waals surface area contributed by atoms with Gasteiger partial charge in [-0.15, -0.1) is 45.3 Å². The van der Waals surface area contributed by atoms with Crippen molar-refractivity contribution in [2.45, 2.75) is 27.7 Å². The molecule has 20 aromatic rings. The van der Waals surface area contributed by atoms with E-state index in [1.807, 2.05) is 347 Å². The number of benzene rings is 12. The zero-order chi connectivity index (χ0) is 101. The highest BCUT2D eigenvalue weighted by molar-refractivity contribution is 7.11. The number of aromatic nitrogens is 8. The Morgan fingerprint density at radius 2 is 0.623 bits per heavy atom. The fourth-order valence-electron chi connectivity index (χ4n) is 16.3. The number of para-hydroxylation sites is 4. The van der Waals surface area contributed by atoms with Gasteiger partial charge in [-0.3, -0.25) is 37.4 Å². The number of methoxy groups -OCH3 is 5. The molecule has 1 aliphatic heterocycles. The van der Waals surface area contributed by atoms with E-state index in [9.17, 15) is 24.3 Å². The molecule has 0 aliphatic carbocycles. The lowest BCUT2D eigenvalue weighted by Crippen LogP contribution is -2.23. The van der Waals surface area contributed by atoms with Crippen LogP contribution in [0.25, 0.3) is 115 Å². The average Bonchev–Trinajstić information content (AvgIpc) is 0.874. The molecule has 0 radical (unpaired) electrons. The van der Waals surface area contributed by atoms with Gasteiger partial charge in [-0.25, -0.2) is 19.9 Å². The number of hydrogen-bond donors (Lipinski definition) is 1. The largest absolute Gasteiger partial charge is 0.504 e. The molecule has 714 valence electrons. The van der Waals surface area contributed by atoms with Crippen LogP contribution in [0.4, 0.5) is 0 Å². The number of phenolic OH excluding ortho intramolecular Hbond substituents is 1. The molecule has 8 aromatic heterocycles. The van der Waals surface area contributed by atoms with Crippen LogP contribution in [0.1, 0.15) is 110 Å². The Morgan fingerprint density at radius 3 is 0.966 bits per heavy atom. The summed E-state index contributed by atoms with van der Waals surface area (Å²) in [5.74, 6) is 32.2. The van der Waals surface area contributed by atoms with Gasteiger partial charge in [0.15, 0.2) is 34.5 Å². The first-order chi connectivity index (χ1) is 71.3. The number of hydrogen-bond acceptors (Lipinski definition) is 20. The van der Waals surface area contributed by atoms with E-state index in [1.165, 1.54) is 7.11 Å². The second kappa shape index (κ2) is 45.5. The number of ether oxygens (including phenoxy) is 7. The first-order valence-corrected chi connectivity index (χ1v) is 49.5. The van der Waals surface area contributed by atoms with E-state index in [4.69, 9.17) is 53.1 Å². The number of phenols is 1. The molecule has 0 atom stereocenters. The molecule has 0 saturated heterocycles. The minimum absolute atomic E-state index is 0.0632. The Kier molecular flexibility index (Phi) is 30.5. The molecule has 9 heterocycles. The predicted octanol–water partition coefficient (Wildman–Crippen LogP) is 24.8. The Labute approximate surface area is 857 Å². The maximum atomic E-state index is 13.7. The number of rotatable bonds is 17. The highest BCUT2D eigenvalue weighted by Gasteiger charge is 2.22. The van der Waals surface area contributed by atoms with Crippen LogP contribution in [0, 0.1) is 75.1 Å². The van der Waals surface area contributed by atoms with E-state index >= 15 is 0 Å². The normalized spacial score (nSPS) is 11.2. The third-order valence-electron chi connectivity index (χ3n) is 23.5. The van der Waals surface area contributed by atoms with Crippen LogP contribution in [0.15, 0.2) is 332 Å². The third-order valence-corrected chi connectivity index (χ3v) is 26.6. The molecular weight excluding hydrogens is 1900 g/mol. The SMILES string of the molecule is COc1cc(/C=C/c2nc3ccccc3c(=O)n2-c2ccc(C#Cc3cccs3)cc2C)ccc1O.COc1ccc(/C=C/c2nc3ccccc3c(=O)n2-c2ccc(C#Cc3cccs3)cc2C)c(OC)c1.COc1ccc(/C=C/c2nc3ccccc3c(=O)n2-c2ccc(C#Cc3cccs3)cc2C)cc1OC.Cc1cc(C#Cc2cccs2)ccc1-n1c(/C=C/c2ccc3c(c2)OCO3)nc2ccccc2c1=O. The molecule has 0 spiro atoms. The Morgan fingerprint density at radius 1 is 0.295 bits per heavy atom. The molecule has 0 saturated carbocycles. The summed E-state index contributed by atoms with van der Waals surface area (Å²) in [5, 5.41) is 20.2. The number of aromatic hydroxyl groups is 1. The summed E-state index contributed by atoms with van der Waals surface area (Å²) < 4.78 is 44.3. The van der Waals surface area contributed by atoms with Gasteiger partial charge in [-0.05, 0) is 313 Å². The molecule has 21 rings (SSSR count). The molecule has 12 aromatic carbocycles. The van der Waals surface area contributed by atoms with Gasteiger partial charge in [-0.2, -0.15) is 0 Å². The second-order valence-electron chi connectivity index (χ2n) is 33.0. The van der Waals surface area contributed by atoms with E-state index < -0.39 is 0 Å². The zero-order valence-electron chi connectivity index (χ0n) is 80.5. The van der Waals surface area contributed by atoms with Gasteiger partial charge in [-0.1, -0.05) is 157 Å². The fraction of sp³-hybridized carbons (Fsp3) is 0.0820. The molecule has 24 heteroatoms. The average molecular weight is 1990 g/mol. The van der Waals surface area contributed by atoms with Crippen molar-refractivity contribution in [2.75, 3.05) is 42.3 Å². The van der Waals surface area contributed by atoms with Crippen LogP contribution in [0.2, 0.25) is 0 Å². The summed E-state index contributed by atoms with van der Waals surface area (Å²) in [4.78, 5) is 78.0. The van der Waals surface area contributed by atoms with Crippen LogP contribution in [-0.4, -0.2) is 85.7 Å². The summed E-state index contributed by atoms with van der Waals surface area (Å²) in [6.07, 6.45) is 14.9. The van der Waals surface area contributed by atoms with E-state index in [1.54, 1.807) is 135 Å². The van der Waals surface area contributed by atoms with Crippen LogP contribution in [0.5, 0.6) is 46.0 Å². The molecule has 1 aliphatic rings. The number of nitrogens with zero attached hydrogens (tertiary/aromatic N) is 8. The first-order valence-electron chi connectivity index (χ1n) is 46.0. The van der Waals surface area contributed by atoms with Crippen molar-refractivity contribution in [3.63, 3.8) is 0 Å². The number of fused-ring (bicyclic) bond motifs is 5. The van der Waals surface area contributed by atoms with Gasteiger partial charge in [0.2, 0.25) is 6.79 Å². The monoisotopic (exact) mass is 1990 g/mol. The smallest absolute Gasteiger partial charge is 0.266 e. The fourth-order valence-corrected chi connectivity index (χ4v) is 18.5. The van der Waals surface area contributed by atoms with Crippen molar-refractivity contribution in [3.8, 4) is 116 Å². The maximum Gasteiger partial charge on any atom is 0.266 e. The molecule has 146 heavy (non-hydrogen) atoms. The van der Waals surface area contributed by atoms with E-state index in [-0.39, 0.29) is 34.8 Å². The summed E-state index contributed by atoms with van der Waals surface area (Å²) in [5.41, 5.74) is 15.8. The lowest BCUT2D eigenvalue weighted by atomic mass is 10.1. The molecule has 1 N–H and O–H groups in total. The van der Waals surface area contributed by atoms with Gasteiger partial charge >= 0.3 is 0 Å². The summed E-state index contributed by atoms with van der Waals surface area (Å²) >= 11 is 6.43. The zero-order valence-corrected chi connectivity index (χ0v) is 83.8. The molecular formula is C122H90N8O12S4. The molecule has 0 fully saturated rings. The third kappa shape index (κ3) is 22.6. The van der Waals surface area contributed by atoms with Crippen molar-refractivity contribution >= 4 is 138 Å². The van der Waals surface area contributed by atoms with Crippen LogP contribution in [-0.2, 0) is 0 Å². The van der Waals surface area contributed by atoms with Crippen molar-refractivity contribution in [1.82, 2.24) is 38.2 Å². The quantitative estimate of drug-likeness (QED) is 0.0837. The van der Waals surface area contributed by atoms with Crippen molar-refractivity contribution in [3.05, 3.63) is 464 Å². The maximum absolute atomic E-state index is 13.7. The van der Waals surface area contributed by atoms with E-state index in [0.29, 0.717) is 101 Å². The van der Waals surface area contributed by atoms with Crippen LogP contribution >= 0.6 is 45.3 Å². The van der Waals surface area contributed by atoms with Gasteiger partial charge in [0, 0.05) is 33.9 Å². The van der Waals surface area contributed by atoms with E-state index in [2.05, 4.69) is 47.4 Å². The van der Waals surface area contributed by atoms with Crippen molar-refractivity contribution in [1.29, 1.82) is 0 Å². The standard InChI is InChI=1S/2C31H24N2O3S.C30H20N2O3S.C30H22N2O3S/c1-21-19-22(10-15-25-7-6-18-37-25)11-16-28(21)33-30(32-27-9-5-4-8-26(27)31(33)34)17-13-23-12-14-24(35-2)20-29(23)36-3;1-21-19-22(10-14-24-7-6-18-37-24)11-15-27(21)33-30(32-26-9-5-4-8-25(26)31(33)34)17-13-23-12-16-28(35-2)29(20-23)36-3;1-20-17-21(8-12-23-5-4-16-36-23)9-13-26(20)32-29(31-25-7-3-2-6-24(25)30(32)33)15-11-22-10-14-27-28(18-22)35-19-34-27;1-20-18-21(9-13-23-6-5-17-36-23)10-14-26(20)32-29(31-25-8-4-3-7-24(25)30(32)34)16-12-22-11-15-27(33)28(19-22)35-2/h4-9,11-14,16-20H,1-3H3;4-9,11-13,15-20H,1-3H3;2-7,9-11,13-18H,19H2,1H3;3-8,10-12,14-19,33H,1-2H3/b2*17-13+;15-11+;16-12+. The van der Waals surface area contributed by atoms with Gasteiger partial charge in [0.05, 0.1) is 121 Å². The van der Waals surface area contributed by atoms with Gasteiger partial charge in [0.1, 0.15) is 34.8 Å². The minimum Gasteiger partial charge on any atom is -0.504 e. The lowest BCUT2D eigenvalue weighted by molar-refractivity contribution is 0.174. The predicted molar refractivity (Wildman–Crippen MR) is 592 cm³/mol. The Hall–Kier alpha value is -18.4. The van der Waals surface area contributed by atoms with E-state index in [0.717, 1.165) is 115 Å². The Balaban J connectivity index is 0.000000128. The van der Waals surface area contributed by atoms with Crippen LogP contribution in [0.3, 0.4) is 0 Å². The van der Waals surface area contributed by atoms with Crippen molar-refractivity contribution < 1.29 is 38.3 Å². The molecule has 20 nitrogen and oxygen atoms in total. The molecule has 0 amide bonds. The first kappa shape index (κ1) is 97.8. The second-order valence-corrected chi connectivity index (χ2v) is 36.8. The van der Waals surface area contributed by atoms with Gasteiger partial charge in [0.25, 0.3) is 22.2 Å². The molecule has 0 bridgehead atoms. The van der Waals surface area contributed by atoms with Gasteiger partial charge < -0.3 is 38.3 Å². The minimum atomic E-state index is -0.149. The topological polar surface area (TPSA) is 224 Å². The Bertz CT molecular complexity index is 8820.